The van der Waals surface area contributed by atoms with Gasteiger partial charge in [0.25, 0.3) is 0 Å². The van der Waals surface area contributed by atoms with Crippen LogP contribution in [-0.4, -0.2) is 49.3 Å². The molecule has 4 rings (SSSR count). The van der Waals surface area contributed by atoms with Crippen LogP contribution in [0.3, 0.4) is 0 Å². The number of phosphoric ester groups is 1. The van der Waals surface area contributed by atoms with Gasteiger partial charge in [0.2, 0.25) is 0 Å². The number of nitrogen functional groups attached to an aromatic ring is 1. The van der Waals surface area contributed by atoms with E-state index in [0.717, 1.165) is 5.56 Å². The summed E-state index contributed by atoms with van der Waals surface area (Å²) in [4.78, 5) is 22.4. The van der Waals surface area contributed by atoms with E-state index in [1.165, 1.54) is 6.33 Å². The number of phosphoric acid groups is 1. The van der Waals surface area contributed by atoms with Gasteiger partial charge in [0.05, 0.1) is 19.5 Å². The Bertz CT molecular complexity index is 1050. The normalized spacial score (nSPS) is 23.2. The van der Waals surface area contributed by atoms with Crippen LogP contribution in [0.4, 0.5) is 5.82 Å². The number of imidazole rings is 1. The van der Waals surface area contributed by atoms with Gasteiger partial charge in [0, 0.05) is 18.6 Å². The molecule has 1 fully saturated rings. The molecule has 2 heterocycles. The zero-order chi connectivity index (χ0) is 21.1. The molecule has 1 saturated carbocycles. The van der Waals surface area contributed by atoms with Crippen LogP contribution >= 0.6 is 7.82 Å². The van der Waals surface area contributed by atoms with E-state index >= 15 is 0 Å². The first-order valence-electron chi connectivity index (χ1n) is 9.68. The largest absolute Gasteiger partial charge is 0.472 e. The van der Waals surface area contributed by atoms with Crippen LogP contribution in [0.5, 0.6) is 0 Å². The second-order valence-electron chi connectivity index (χ2n) is 7.33. The molecular formula is C19H24N5O5P. The molecule has 0 spiro atoms. The minimum absolute atomic E-state index is 0.0184. The fraction of sp³-hybridized carbons (Fsp3) is 0.421. The fourth-order valence-corrected chi connectivity index (χ4v) is 4.60. The number of anilines is 1. The van der Waals surface area contributed by atoms with Gasteiger partial charge in [-0.15, -0.1) is 0 Å². The number of aromatic nitrogens is 4. The Kier molecular flexibility index (Phi) is 6.12. The van der Waals surface area contributed by atoms with E-state index in [-0.39, 0.29) is 37.7 Å². The molecule has 1 aliphatic rings. The van der Waals surface area contributed by atoms with Crippen molar-refractivity contribution in [2.24, 2.45) is 11.8 Å². The molecule has 0 bridgehead atoms. The highest BCUT2D eigenvalue weighted by molar-refractivity contribution is 7.47. The minimum Gasteiger partial charge on any atom is -0.396 e. The quantitative estimate of drug-likeness (QED) is 0.431. The molecule has 0 saturated heterocycles. The van der Waals surface area contributed by atoms with E-state index in [1.807, 2.05) is 34.9 Å². The molecule has 4 atom stereocenters. The zero-order valence-electron chi connectivity index (χ0n) is 16.2. The second-order valence-corrected chi connectivity index (χ2v) is 8.78. The number of aliphatic hydroxyl groups excluding tert-OH is 1. The van der Waals surface area contributed by atoms with Crippen LogP contribution in [0.1, 0.15) is 18.0 Å². The lowest BCUT2D eigenvalue weighted by Crippen LogP contribution is -2.42. The van der Waals surface area contributed by atoms with Gasteiger partial charge in [-0.25, -0.2) is 19.5 Å². The summed E-state index contributed by atoms with van der Waals surface area (Å²) in [6, 6.07) is 9.49. The van der Waals surface area contributed by atoms with Gasteiger partial charge < -0.3 is 20.3 Å². The molecule has 0 amide bonds. The Labute approximate surface area is 173 Å². The molecule has 160 valence electrons. The fourth-order valence-electron chi connectivity index (χ4n) is 3.82. The van der Waals surface area contributed by atoms with Crippen molar-refractivity contribution in [3.05, 3.63) is 48.5 Å². The van der Waals surface area contributed by atoms with Gasteiger partial charge in [-0.05, 0) is 24.3 Å². The van der Waals surface area contributed by atoms with Crippen LogP contribution < -0.4 is 5.73 Å². The molecular weight excluding hydrogens is 409 g/mol. The number of nitrogens with zero attached hydrogens (tertiary/aromatic N) is 4. The topological polar surface area (TPSA) is 146 Å². The Balaban J connectivity index is 1.31. The summed E-state index contributed by atoms with van der Waals surface area (Å²) in [6.45, 7) is 0.00475. The van der Waals surface area contributed by atoms with Crippen molar-refractivity contribution < 1.29 is 23.6 Å². The Morgan fingerprint density at radius 1 is 1.20 bits per heavy atom. The summed E-state index contributed by atoms with van der Waals surface area (Å²) in [7, 11) is -4.16. The van der Waals surface area contributed by atoms with Crippen LogP contribution in [0.25, 0.3) is 11.2 Å². The van der Waals surface area contributed by atoms with Gasteiger partial charge in [0.15, 0.2) is 11.5 Å². The minimum atomic E-state index is -4.16. The first-order chi connectivity index (χ1) is 14.5. The highest BCUT2D eigenvalue weighted by Gasteiger charge is 2.43. The molecule has 0 radical (unpaired) electrons. The van der Waals surface area contributed by atoms with Gasteiger partial charge in [-0.1, -0.05) is 30.3 Å². The number of benzene rings is 1. The molecule has 11 heteroatoms. The summed E-state index contributed by atoms with van der Waals surface area (Å²) < 4.78 is 24.3. The maximum Gasteiger partial charge on any atom is 0.472 e. The van der Waals surface area contributed by atoms with Crippen molar-refractivity contribution in [3.63, 3.8) is 0 Å². The van der Waals surface area contributed by atoms with Gasteiger partial charge in [0.1, 0.15) is 11.8 Å². The van der Waals surface area contributed by atoms with Crippen molar-refractivity contribution in [2.75, 3.05) is 25.6 Å². The highest BCUT2D eigenvalue weighted by atomic mass is 31.2. The zero-order valence-corrected chi connectivity index (χ0v) is 17.1. The molecule has 4 N–H and O–H groups in total. The van der Waals surface area contributed by atoms with Crippen LogP contribution in [-0.2, 0) is 20.0 Å². The molecule has 3 aromatic rings. The lowest BCUT2D eigenvalue weighted by Gasteiger charge is -2.44. The molecule has 0 aliphatic heterocycles. The van der Waals surface area contributed by atoms with E-state index < -0.39 is 7.82 Å². The SMILES string of the molecule is Nc1ncnc2c1ncn2[C@@H]1C[C@H](COP(=O)(O)OCCc2ccccc2)[C@@H]1CO. The van der Waals surface area contributed by atoms with Crippen molar-refractivity contribution in [2.45, 2.75) is 18.9 Å². The van der Waals surface area contributed by atoms with E-state index in [1.54, 1.807) is 6.33 Å². The second kappa shape index (κ2) is 8.79. The summed E-state index contributed by atoms with van der Waals surface area (Å²) in [5.41, 5.74) is 7.95. The first-order valence-corrected chi connectivity index (χ1v) is 11.2. The van der Waals surface area contributed by atoms with E-state index in [4.69, 9.17) is 14.8 Å². The van der Waals surface area contributed by atoms with Crippen molar-refractivity contribution in [1.82, 2.24) is 19.5 Å². The maximum absolute atomic E-state index is 12.2. The number of nitrogens with two attached hydrogens (primary N) is 1. The number of hydrogen-bond donors (Lipinski definition) is 3. The standard InChI is InChI=1S/C19H24N5O5P/c20-18-17-19(22-11-21-18)24(12-23-17)16-8-14(15(16)9-25)10-29-30(26,27)28-7-6-13-4-2-1-3-5-13/h1-5,11-12,14-16,25H,6-10H2,(H,26,27)(H2,20,21,22)/t14-,15+,16-/m1/s1. The van der Waals surface area contributed by atoms with E-state index in [9.17, 15) is 14.6 Å². The van der Waals surface area contributed by atoms with Crippen LogP contribution in [0, 0.1) is 11.8 Å². The van der Waals surface area contributed by atoms with Crippen molar-refractivity contribution in [1.29, 1.82) is 0 Å². The average molecular weight is 433 g/mol. The summed E-state index contributed by atoms with van der Waals surface area (Å²) in [5.74, 6) is 0.0464. The molecule has 1 aromatic carbocycles. The Morgan fingerprint density at radius 3 is 2.77 bits per heavy atom. The Hall–Kier alpha value is -2.36. The average Bonchev–Trinajstić information content (AvgIpc) is 3.13. The third-order valence-electron chi connectivity index (χ3n) is 5.54. The number of hydrogen-bond acceptors (Lipinski definition) is 8. The predicted octanol–water partition coefficient (Wildman–Crippen LogP) is 1.95. The number of fused-ring (bicyclic) bond motifs is 1. The molecule has 2 aromatic heterocycles. The number of aliphatic hydroxyl groups is 1. The third-order valence-corrected chi connectivity index (χ3v) is 6.52. The molecule has 10 nitrogen and oxygen atoms in total. The lowest BCUT2D eigenvalue weighted by atomic mass is 9.70. The van der Waals surface area contributed by atoms with Crippen molar-refractivity contribution in [3.8, 4) is 0 Å². The van der Waals surface area contributed by atoms with E-state index in [0.29, 0.717) is 29.8 Å². The smallest absolute Gasteiger partial charge is 0.396 e. The van der Waals surface area contributed by atoms with Gasteiger partial charge in [-0.2, -0.15) is 0 Å². The van der Waals surface area contributed by atoms with Crippen molar-refractivity contribution >= 4 is 24.8 Å². The highest BCUT2D eigenvalue weighted by Crippen LogP contribution is 2.49. The van der Waals surface area contributed by atoms with Gasteiger partial charge >= 0.3 is 7.82 Å². The summed E-state index contributed by atoms with van der Waals surface area (Å²) in [6.07, 6.45) is 4.16. The van der Waals surface area contributed by atoms with E-state index in [2.05, 4.69) is 15.0 Å². The van der Waals surface area contributed by atoms with Crippen LogP contribution in [0.2, 0.25) is 0 Å². The monoisotopic (exact) mass is 433 g/mol. The molecule has 1 unspecified atom stereocenters. The number of rotatable bonds is 9. The third kappa shape index (κ3) is 4.38. The summed E-state index contributed by atoms with van der Waals surface area (Å²) >= 11 is 0. The molecule has 1 aliphatic carbocycles. The predicted molar refractivity (Wildman–Crippen MR) is 109 cm³/mol. The maximum atomic E-state index is 12.2. The van der Waals surface area contributed by atoms with Crippen LogP contribution in [0.15, 0.2) is 43.0 Å². The lowest BCUT2D eigenvalue weighted by molar-refractivity contribution is -0.00796. The Morgan fingerprint density at radius 2 is 2.00 bits per heavy atom. The van der Waals surface area contributed by atoms with Gasteiger partial charge in [-0.3, -0.25) is 9.05 Å². The first kappa shape index (κ1) is 20.9. The summed E-state index contributed by atoms with van der Waals surface area (Å²) in [5, 5.41) is 9.84. The molecule has 30 heavy (non-hydrogen) atoms.